The molecule has 0 unspecified atom stereocenters. The maximum atomic E-state index is 12.9. The second kappa shape index (κ2) is 7.63. The van der Waals surface area contributed by atoms with Crippen molar-refractivity contribution in [2.75, 3.05) is 51.3 Å². The summed E-state index contributed by atoms with van der Waals surface area (Å²) in [5.74, 6) is 1.91. The Morgan fingerprint density at radius 2 is 1.88 bits per heavy atom. The minimum Gasteiger partial charge on any atom is -0.497 e. The van der Waals surface area contributed by atoms with Gasteiger partial charge in [-0.25, -0.2) is 0 Å². The van der Waals surface area contributed by atoms with Crippen LogP contribution in [-0.4, -0.2) is 69.0 Å². The Labute approximate surface area is 191 Å². The van der Waals surface area contributed by atoms with Gasteiger partial charge in [0, 0.05) is 44.3 Å². The zero-order chi connectivity index (χ0) is 21.9. The van der Waals surface area contributed by atoms with E-state index in [4.69, 9.17) is 14.2 Å². The molecule has 174 valence electrons. The Bertz CT molecular complexity index is 861. The number of epoxide rings is 1. The van der Waals surface area contributed by atoms with Gasteiger partial charge in [0.05, 0.1) is 25.2 Å². The number of carbonyl (C=O) groups excluding carboxylic acids is 1. The maximum Gasteiger partial charge on any atom is 0.310 e. The van der Waals surface area contributed by atoms with E-state index in [1.807, 2.05) is 12.1 Å². The Hall–Kier alpha value is -1.79. The van der Waals surface area contributed by atoms with Gasteiger partial charge in [0.15, 0.2) is 0 Å². The second-order valence-electron chi connectivity index (χ2n) is 11.1. The predicted octanol–water partition coefficient (Wildman–Crippen LogP) is 3.34. The van der Waals surface area contributed by atoms with Crippen molar-refractivity contribution in [3.8, 4) is 5.75 Å². The summed E-state index contributed by atoms with van der Waals surface area (Å²) in [6.45, 7) is 8.14. The summed E-state index contributed by atoms with van der Waals surface area (Å²) in [7, 11) is 1.70. The second-order valence-corrected chi connectivity index (χ2v) is 11.1. The molecule has 6 atom stereocenters. The van der Waals surface area contributed by atoms with Gasteiger partial charge in [0.1, 0.15) is 11.9 Å². The Morgan fingerprint density at radius 3 is 2.56 bits per heavy atom. The molecule has 2 saturated carbocycles. The van der Waals surface area contributed by atoms with Gasteiger partial charge in [-0.3, -0.25) is 9.69 Å². The van der Waals surface area contributed by atoms with Gasteiger partial charge in [-0.1, -0.05) is 6.92 Å². The lowest BCUT2D eigenvalue weighted by molar-refractivity contribution is -0.147. The first-order chi connectivity index (χ1) is 15.5. The van der Waals surface area contributed by atoms with E-state index in [9.17, 15) is 4.79 Å². The summed E-state index contributed by atoms with van der Waals surface area (Å²) >= 11 is 0. The van der Waals surface area contributed by atoms with Gasteiger partial charge in [-0.2, -0.15) is 0 Å². The molecule has 5 aliphatic rings. The van der Waals surface area contributed by atoms with E-state index in [1.54, 1.807) is 7.11 Å². The molecular formula is C26H36N2O4. The fraction of sp³-hybridized carbons (Fsp3) is 0.731. The quantitative estimate of drug-likeness (QED) is 0.529. The van der Waals surface area contributed by atoms with Crippen LogP contribution in [0.1, 0.15) is 39.0 Å². The van der Waals surface area contributed by atoms with Crippen LogP contribution in [0.25, 0.3) is 0 Å². The zero-order valence-electron chi connectivity index (χ0n) is 19.4. The van der Waals surface area contributed by atoms with Crippen LogP contribution >= 0.6 is 0 Å². The summed E-state index contributed by atoms with van der Waals surface area (Å²) < 4.78 is 17.3. The number of benzene rings is 1. The summed E-state index contributed by atoms with van der Waals surface area (Å²) in [6.07, 6.45) is 5.95. The normalized spacial score (nSPS) is 41.2. The molecule has 2 aliphatic carbocycles. The van der Waals surface area contributed by atoms with Crippen LogP contribution in [0.3, 0.4) is 0 Å². The number of anilines is 1. The van der Waals surface area contributed by atoms with Gasteiger partial charge in [0.2, 0.25) is 0 Å². The van der Waals surface area contributed by atoms with Crippen LogP contribution in [0, 0.1) is 23.2 Å². The number of ether oxygens (including phenoxy) is 3. The predicted molar refractivity (Wildman–Crippen MR) is 122 cm³/mol. The van der Waals surface area contributed by atoms with E-state index in [0.29, 0.717) is 11.8 Å². The molecule has 5 fully saturated rings. The van der Waals surface area contributed by atoms with Crippen LogP contribution in [0.5, 0.6) is 5.75 Å². The molecule has 1 aromatic rings. The molecule has 0 N–H and O–H groups in total. The zero-order valence-corrected chi connectivity index (χ0v) is 19.4. The third-order valence-corrected chi connectivity index (χ3v) is 9.34. The first-order valence-corrected chi connectivity index (χ1v) is 12.5. The van der Waals surface area contributed by atoms with Crippen molar-refractivity contribution < 1.29 is 19.0 Å². The standard InChI is InChI=1S/C26H36N2O4/c1-25-8-3-9-26(17-31-26)23(25)14-20-21(24(29)32-22(20)15-25)16-27-10-12-28(13-11-27)18-4-6-19(30-2)7-5-18/h4-7,20-23H,3,8-17H2,1-2H3/t20-,21+,22+,23-,25+,26-/m0/s1. The number of nitrogens with zero attached hydrogens (tertiary/aromatic N) is 2. The molecule has 3 aliphatic heterocycles. The molecule has 6 nitrogen and oxygen atoms in total. The average molecular weight is 441 g/mol. The first kappa shape index (κ1) is 20.8. The third kappa shape index (κ3) is 3.41. The Balaban J connectivity index is 1.10. The average Bonchev–Trinajstić information content (AvgIpc) is 3.51. The molecule has 6 heteroatoms. The molecule has 32 heavy (non-hydrogen) atoms. The van der Waals surface area contributed by atoms with E-state index in [0.717, 1.165) is 57.9 Å². The van der Waals surface area contributed by atoms with E-state index < -0.39 is 0 Å². The summed E-state index contributed by atoms with van der Waals surface area (Å²) in [6, 6.07) is 8.31. The van der Waals surface area contributed by atoms with Crippen molar-refractivity contribution in [2.45, 2.75) is 50.7 Å². The van der Waals surface area contributed by atoms with Crippen molar-refractivity contribution in [1.29, 1.82) is 0 Å². The number of carbonyl (C=O) groups is 1. The number of hydrogen-bond acceptors (Lipinski definition) is 6. The van der Waals surface area contributed by atoms with Crippen molar-refractivity contribution >= 4 is 11.7 Å². The first-order valence-electron chi connectivity index (χ1n) is 12.5. The lowest BCUT2D eigenvalue weighted by Crippen LogP contribution is -2.52. The highest BCUT2D eigenvalue weighted by Crippen LogP contribution is 2.62. The van der Waals surface area contributed by atoms with E-state index >= 15 is 0 Å². The SMILES string of the molecule is COc1ccc(N2CCN(C[C@H]3C(=O)O[C@@H]4C[C@@]5(C)CCC[C@]6(CO6)[C@H]5C[C@H]43)CC2)cc1. The highest BCUT2D eigenvalue weighted by Gasteiger charge is 2.65. The van der Waals surface area contributed by atoms with Crippen molar-refractivity contribution in [1.82, 2.24) is 4.90 Å². The highest BCUT2D eigenvalue weighted by atomic mass is 16.6. The number of hydrogen-bond donors (Lipinski definition) is 0. The number of fused-ring (bicyclic) bond motifs is 3. The molecular weight excluding hydrogens is 404 g/mol. The number of methoxy groups -OCH3 is 1. The van der Waals surface area contributed by atoms with Crippen LogP contribution < -0.4 is 9.64 Å². The van der Waals surface area contributed by atoms with Crippen LogP contribution in [-0.2, 0) is 14.3 Å². The summed E-state index contributed by atoms with van der Waals surface area (Å²) in [5, 5.41) is 0. The molecule has 0 bridgehead atoms. The lowest BCUT2D eigenvalue weighted by atomic mass is 9.53. The van der Waals surface area contributed by atoms with Crippen molar-refractivity contribution in [2.24, 2.45) is 23.2 Å². The molecule has 6 rings (SSSR count). The minimum absolute atomic E-state index is 0.0230. The minimum atomic E-state index is 0.0230. The molecule has 3 saturated heterocycles. The fourth-order valence-electron chi connectivity index (χ4n) is 7.43. The van der Waals surface area contributed by atoms with Crippen LogP contribution in [0.4, 0.5) is 5.69 Å². The van der Waals surface area contributed by atoms with Gasteiger partial charge in [-0.15, -0.1) is 0 Å². The van der Waals surface area contributed by atoms with E-state index in [2.05, 4.69) is 28.9 Å². The Kier molecular flexibility index (Phi) is 4.95. The molecule has 3 heterocycles. The van der Waals surface area contributed by atoms with Gasteiger partial charge in [0.25, 0.3) is 0 Å². The van der Waals surface area contributed by atoms with Crippen LogP contribution in [0.2, 0.25) is 0 Å². The summed E-state index contributed by atoms with van der Waals surface area (Å²) in [4.78, 5) is 17.8. The molecule has 0 radical (unpaired) electrons. The van der Waals surface area contributed by atoms with Gasteiger partial charge in [-0.05, 0) is 67.7 Å². The van der Waals surface area contributed by atoms with Gasteiger partial charge >= 0.3 is 5.97 Å². The lowest BCUT2D eigenvalue weighted by Gasteiger charge is -2.51. The highest BCUT2D eigenvalue weighted by molar-refractivity contribution is 5.75. The smallest absolute Gasteiger partial charge is 0.310 e. The number of piperazine rings is 1. The van der Waals surface area contributed by atoms with Crippen LogP contribution in [0.15, 0.2) is 24.3 Å². The molecule has 1 aromatic carbocycles. The van der Waals surface area contributed by atoms with E-state index in [-0.39, 0.29) is 29.0 Å². The van der Waals surface area contributed by atoms with Crippen molar-refractivity contribution in [3.05, 3.63) is 24.3 Å². The summed E-state index contributed by atoms with van der Waals surface area (Å²) in [5.41, 5.74) is 1.64. The molecule has 0 amide bonds. The Morgan fingerprint density at radius 1 is 1.12 bits per heavy atom. The third-order valence-electron chi connectivity index (χ3n) is 9.34. The fourth-order valence-corrected chi connectivity index (χ4v) is 7.43. The number of rotatable bonds is 4. The topological polar surface area (TPSA) is 54.5 Å². The monoisotopic (exact) mass is 440 g/mol. The number of esters is 1. The largest absolute Gasteiger partial charge is 0.497 e. The molecule has 1 spiro atoms. The molecule has 0 aromatic heterocycles. The van der Waals surface area contributed by atoms with Gasteiger partial charge < -0.3 is 19.1 Å². The maximum absolute atomic E-state index is 12.9. The van der Waals surface area contributed by atoms with E-state index in [1.165, 1.54) is 24.9 Å². The van der Waals surface area contributed by atoms with Crippen molar-refractivity contribution in [3.63, 3.8) is 0 Å².